The maximum Gasteiger partial charge on any atom is 0.316 e. The number of esters is 3. The van der Waals surface area contributed by atoms with Crippen LogP contribution in [0.4, 0.5) is 0 Å². The van der Waals surface area contributed by atoms with E-state index in [4.69, 9.17) is 14.2 Å². The van der Waals surface area contributed by atoms with Gasteiger partial charge in [-0.1, -0.05) is 6.92 Å². The van der Waals surface area contributed by atoms with Crippen molar-refractivity contribution in [1.29, 1.82) is 0 Å². The van der Waals surface area contributed by atoms with E-state index in [0.29, 0.717) is 12.8 Å². The fourth-order valence-electron chi connectivity index (χ4n) is 6.21. The lowest BCUT2D eigenvalue weighted by atomic mass is 9.61. The molecule has 132 valence electrons. The van der Waals surface area contributed by atoms with Gasteiger partial charge in [-0.2, -0.15) is 0 Å². The molecule has 1 spiro atoms. The molecule has 2 heterocycles. The molecule has 0 bridgehead atoms. The summed E-state index contributed by atoms with van der Waals surface area (Å²) in [6, 6.07) is 0. The van der Waals surface area contributed by atoms with E-state index in [0.717, 1.165) is 0 Å². The Labute approximate surface area is 139 Å². The standard InChI is InChI=1S/C17H22O7/c1-9(18)23-11-15(4)12(20)22-8-13(15,2)17(21)6-5-14(3)16(11,17)7-10(19)24-14/h11,21H,5-8H2,1-4H3/t11-,13+,14-,15-,16+,17-/m0/s1. The van der Waals surface area contributed by atoms with E-state index >= 15 is 0 Å². The van der Waals surface area contributed by atoms with Crippen LogP contribution in [0.15, 0.2) is 0 Å². The Bertz CT molecular complexity index is 688. The Morgan fingerprint density at radius 1 is 1.25 bits per heavy atom. The molecule has 0 aromatic carbocycles. The van der Waals surface area contributed by atoms with Crippen molar-refractivity contribution in [1.82, 2.24) is 0 Å². The van der Waals surface area contributed by atoms with Gasteiger partial charge in [-0.3, -0.25) is 14.4 Å². The second kappa shape index (κ2) is 3.95. The molecule has 4 fully saturated rings. The van der Waals surface area contributed by atoms with E-state index in [-0.39, 0.29) is 13.0 Å². The zero-order chi connectivity index (χ0) is 17.8. The van der Waals surface area contributed by atoms with Gasteiger partial charge in [-0.25, -0.2) is 0 Å². The first-order chi connectivity index (χ1) is 11.0. The van der Waals surface area contributed by atoms with Gasteiger partial charge in [0.1, 0.15) is 23.7 Å². The van der Waals surface area contributed by atoms with Crippen LogP contribution in [0.2, 0.25) is 0 Å². The topological polar surface area (TPSA) is 99.1 Å². The summed E-state index contributed by atoms with van der Waals surface area (Å²) in [6.07, 6.45) is -0.243. The predicted octanol–water partition coefficient (Wildman–Crippen LogP) is 0.718. The van der Waals surface area contributed by atoms with E-state index in [1.165, 1.54) is 6.92 Å². The quantitative estimate of drug-likeness (QED) is 0.555. The maximum atomic E-state index is 12.7. The summed E-state index contributed by atoms with van der Waals surface area (Å²) in [5.41, 5.74) is -5.73. The lowest BCUT2D eigenvalue weighted by Gasteiger charge is -2.45. The van der Waals surface area contributed by atoms with Crippen LogP contribution in [0.3, 0.4) is 0 Å². The second-order valence-electron chi connectivity index (χ2n) is 8.31. The van der Waals surface area contributed by atoms with Gasteiger partial charge in [0.05, 0.1) is 22.9 Å². The molecule has 6 atom stereocenters. The van der Waals surface area contributed by atoms with Crippen molar-refractivity contribution >= 4 is 17.9 Å². The van der Waals surface area contributed by atoms with Crippen LogP contribution in [0.1, 0.15) is 47.0 Å². The van der Waals surface area contributed by atoms with Crippen LogP contribution in [0.5, 0.6) is 0 Å². The van der Waals surface area contributed by atoms with Crippen LogP contribution in [-0.2, 0) is 28.6 Å². The lowest BCUT2D eigenvalue weighted by Crippen LogP contribution is -2.58. The normalized spacial score (nSPS) is 54.8. The molecule has 1 N–H and O–H groups in total. The van der Waals surface area contributed by atoms with Crippen molar-refractivity contribution in [2.45, 2.75) is 64.3 Å². The second-order valence-corrected chi connectivity index (χ2v) is 8.31. The Morgan fingerprint density at radius 2 is 1.92 bits per heavy atom. The van der Waals surface area contributed by atoms with Crippen molar-refractivity contribution in [2.24, 2.45) is 16.2 Å². The minimum atomic E-state index is -1.40. The van der Waals surface area contributed by atoms with Gasteiger partial charge in [-0.05, 0) is 26.7 Å². The fraction of sp³-hybridized carbons (Fsp3) is 0.824. The summed E-state index contributed by atoms with van der Waals surface area (Å²) >= 11 is 0. The van der Waals surface area contributed by atoms with E-state index in [2.05, 4.69) is 0 Å². The van der Waals surface area contributed by atoms with Gasteiger partial charge in [0.25, 0.3) is 0 Å². The van der Waals surface area contributed by atoms with Crippen molar-refractivity contribution in [2.75, 3.05) is 6.61 Å². The molecular formula is C17H22O7. The Morgan fingerprint density at radius 3 is 2.54 bits per heavy atom. The third-order valence-electron chi connectivity index (χ3n) is 7.64. The fourth-order valence-corrected chi connectivity index (χ4v) is 6.21. The molecule has 4 aliphatic rings. The Kier molecular flexibility index (Phi) is 2.61. The summed E-state index contributed by atoms with van der Waals surface area (Å²) < 4.78 is 16.5. The minimum Gasteiger partial charge on any atom is -0.464 e. The summed E-state index contributed by atoms with van der Waals surface area (Å²) in [6.45, 7) is 6.52. The van der Waals surface area contributed by atoms with Crippen molar-refractivity contribution < 1.29 is 33.7 Å². The number of ether oxygens (including phenoxy) is 3. The van der Waals surface area contributed by atoms with Crippen molar-refractivity contribution in [3.63, 3.8) is 0 Å². The molecule has 7 heteroatoms. The molecule has 0 aromatic rings. The van der Waals surface area contributed by atoms with Crippen LogP contribution < -0.4 is 0 Å². The number of carbonyl (C=O) groups is 3. The molecule has 0 amide bonds. The van der Waals surface area contributed by atoms with Gasteiger partial charge in [0.15, 0.2) is 0 Å². The summed E-state index contributed by atoms with van der Waals surface area (Å²) in [7, 11) is 0. The average Bonchev–Trinajstić information content (AvgIpc) is 3.01. The number of carbonyl (C=O) groups excluding carboxylic acids is 3. The van der Waals surface area contributed by atoms with Crippen LogP contribution >= 0.6 is 0 Å². The number of hydrogen-bond acceptors (Lipinski definition) is 7. The highest BCUT2D eigenvalue weighted by Crippen LogP contribution is 2.79. The summed E-state index contributed by atoms with van der Waals surface area (Å²) in [4.78, 5) is 36.7. The summed E-state index contributed by atoms with van der Waals surface area (Å²) in [5, 5.41) is 11.8. The highest BCUT2D eigenvalue weighted by Gasteiger charge is 2.92. The molecule has 24 heavy (non-hydrogen) atoms. The van der Waals surface area contributed by atoms with E-state index in [1.807, 2.05) is 0 Å². The number of fused-ring (bicyclic) bond motifs is 2. The van der Waals surface area contributed by atoms with Crippen molar-refractivity contribution in [3.05, 3.63) is 0 Å². The molecule has 7 nitrogen and oxygen atoms in total. The monoisotopic (exact) mass is 338 g/mol. The zero-order valence-corrected chi connectivity index (χ0v) is 14.3. The maximum absolute atomic E-state index is 12.7. The molecule has 2 aliphatic heterocycles. The van der Waals surface area contributed by atoms with E-state index in [1.54, 1.807) is 20.8 Å². The molecule has 0 unspecified atom stereocenters. The van der Waals surface area contributed by atoms with Gasteiger partial charge in [0, 0.05) is 6.92 Å². The van der Waals surface area contributed by atoms with Gasteiger partial charge >= 0.3 is 17.9 Å². The third kappa shape index (κ3) is 1.21. The number of rotatable bonds is 1. The predicted molar refractivity (Wildman–Crippen MR) is 78.5 cm³/mol. The minimum absolute atomic E-state index is 0.0304. The third-order valence-corrected chi connectivity index (χ3v) is 7.64. The zero-order valence-electron chi connectivity index (χ0n) is 14.3. The van der Waals surface area contributed by atoms with Gasteiger partial charge in [0.2, 0.25) is 0 Å². The molecular weight excluding hydrogens is 316 g/mol. The van der Waals surface area contributed by atoms with E-state index < -0.39 is 51.5 Å². The van der Waals surface area contributed by atoms with Crippen LogP contribution in [0, 0.1) is 16.2 Å². The van der Waals surface area contributed by atoms with Crippen molar-refractivity contribution in [3.8, 4) is 0 Å². The molecule has 2 aliphatic carbocycles. The SMILES string of the molecule is CC(=O)O[C@@H]1[C@]23CC(=O)O[C@@]2(C)CC[C@]3(O)[C@]2(C)COC(=O)[C@]12C. The van der Waals surface area contributed by atoms with E-state index in [9.17, 15) is 19.5 Å². The number of aliphatic hydroxyl groups is 1. The molecule has 2 saturated heterocycles. The van der Waals surface area contributed by atoms with Gasteiger partial charge < -0.3 is 19.3 Å². The van der Waals surface area contributed by atoms with Gasteiger partial charge in [-0.15, -0.1) is 0 Å². The molecule has 0 aromatic heterocycles. The largest absolute Gasteiger partial charge is 0.464 e. The average molecular weight is 338 g/mol. The first-order valence-electron chi connectivity index (χ1n) is 8.27. The van der Waals surface area contributed by atoms with Crippen LogP contribution in [0.25, 0.3) is 0 Å². The smallest absolute Gasteiger partial charge is 0.316 e. The summed E-state index contributed by atoms with van der Waals surface area (Å²) in [5.74, 6) is -1.50. The molecule has 2 saturated carbocycles. The molecule has 4 rings (SSSR count). The molecule has 0 radical (unpaired) electrons. The van der Waals surface area contributed by atoms with Crippen LogP contribution in [-0.4, -0.2) is 46.9 Å². The Balaban J connectivity index is 2.03. The number of cyclic esters (lactones) is 1. The lowest BCUT2D eigenvalue weighted by molar-refractivity contribution is -0.190. The first kappa shape index (κ1) is 15.9. The highest BCUT2D eigenvalue weighted by molar-refractivity contribution is 5.85. The first-order valence-corrected chi connectivity index (χ1v) is 8.27. The Hall–Kier alpha value is -1.63. The number of hydrogen-bond donors (Lipinski definition) is 1. The highest BCUT2D eigenvalue weighted by atomic mass is 16.6.